The summed E-state index contributed by atoms with van der Waals surface area (Å²) in [4.78, 5) is 72.7. The van der Waals surface area contributed by atoms with Gasteiger partial charge in [-0.05, 0) is 43.4 Å². The van der Waals surface area contributed by atoms with Crippen LogP contribution in [0.3, 0.4) is 0 Å². The van der Waals surface area contributed by atoms with E-state index in [1.807, 2.05) is 0 Å². The Morgan fingerprint density at radius 2 is 0.495 bits per heavy atom. The number of ether oxygens (including phenoxy) is 4. The van der Waals surface area contributed by atoms with E-state index in [2.05, 4.69) is 48.5 Å². The molecule has 19 heteroatoms. The van der Waals surface area contributed by atoms with Crippen molar-refractivity contribution in [3.8, 4) is 0 Å². The second-order valence-corrected chi connectivity index (χ2v) is 31.0. The van der Waals surface area contributed by atoms with Crippen LogP contribution in [0.1, 0.15) is 376 Å². The fourth-order valence-electron chi connectivity index (χ4n) is 11.2. The first-order chi connectivity index (χ1) is 44.7. The quantitative estimate of drug-likeness (QED) is 0.0222. The Kier molecular flexibility index (Phi) is 63.4. The molecule has 17 nitrogen and oxygen atoms in total. The molecule has 552 valence electrons. The van der Waals surface area contributed by atoms with Gasteiger partial charge in [-0.2, -0.15) is 0 Å². The van der Waals surface area contributed by atoms with Crippen molar-refractivity contribution in [2.75, 3.05) is 39.6 Å². The molecule has 0 fully saturated rings. The monoisotopic (exact) mass is 1370 g/mol. The molecule has 2 unspecified atom stereocenters. The van der Waals surface area contributed by atoms with E-state index in [1.54, 1.807) is 0 Å². The molecular formula is C74H144O17P2. The highest BCUT2D eigenvalue weighted by Gasteiger charge is 2.30. The summed E-state index contributed by atoms with van der Waals surface area (Å²) >= 11 is 0. The van der Waals surface area contributed by atoms with Crippen molar-refractivity contribution in [3.05, 3.63) is 0 Å². The van der Waals surface area contributed by atoms with Gasteiger partial charge in [0.05, 0.1) is 26.4 Å². The van der Waals surface area contributed by atoms with Gasteiger partial charge in [-0.3, -0.25) is 37.3 Å². The first-order valence-corrected chi connectivity index (χ1v) is 41.3. The number of phosphoric ester groups is 2. The summed E-state index contributed by atoms with van der Waals surface area (Å²) in [6.07, 6.45) is 50.0. The molecule has 0 aliphatic rings. The Morgan fingerprint density at radius 1 is 0.290 bits per heavy atom. The molecule has 0 aromatic heterocycles. The summed E-state index contributed by atoms with van der Waals surface area (Å²) in [5.41, 5.74) is 0. The van der Waals surface area contributed by atoms with Crippen molar-refractivity contribution in [1.82, 2.24) is 0 Å². The van der Waals surface area contributed by atoms with Crippen molar-refractivity contribution in [2.24, 2.45) is 17.8 Å². The highest BCUT2D eigenvalue weighted by molar-refractivity contribution is 7.47. The maximum atomic E-state index is 13.1. The van der Waals surface area contributed by atoms with Crippen LogP contribution >= 0.6 is 15.6 Å². The average molecular weight is 1370 g/mol. The Morgan fingerprint density at radius 3 is 0.731 bits per heavy atom. The van der Waals surface area contributed by atoms with E-state index >= 15 is 0 Å². The van der Waals surface area contributed by atoms with Crippen molar-refractivity contribution in [2.45, 2.75) is 394 Å². The molecule has 0 aliphatic heterocycles. The second-order valence-electron chi connectivity index (χ2n) is 28.1. The van der Waals surface area contributed by atoms with Crippen molar-refractivity contribution < 1.29 is 80.2 Å². The van der Waals surface area contributed by atoms with Crippen LogP contribution in [0, 0.1) is 17.8 Å². The zero-order valence-electron chi connectivity index (χ0n) is 60.7. The minimum atomic E-state index is -4.96. The fraction of sp³-hybridized carbons (Fsp3) is 0.946. The molecule has 5 atom stereocenters. The first kappa shape index (κ1) is 91.1. The van der Waals surface area contributed by atoms with Crippen LogP contribution in [0.2, 0.25) is 0 Å². The van der Waals surface area contributed by atoms with E-state index in [4.69, 9.17) is 37.0 Å². The molecule has 3 N–H and O–H groups in total. The number of hydrogen-bond acceptors (Lipinski definition) is 15. The lowest BCUT2D eigenvalue weighted by atomic mass is 10.0. The number of unbranched alkanes of at least 4 members (excludes halogenated alkanes) is 40. The molecule has 0 radical (unpaired) electrons. The van der Waals surface area contributed by atoms with Crippen molar-refractivity contribution >= 4 is 39.5 Å². The summed E-state index contributed by atoms with van der Waals surface area (Å²) < 4.78 is 68.4. The van der Waals surface area contributed by atoms with E-state index in [-0.39, 0.29) is 25.7 Å². The highest BCUT2D eigenvalue weighted by Crippen LogP contribution is 2.45. The first-order valence-electron chi connectivity index (χ1n) is 38.3. The third-order valence-electron chi connectivity index (χ3n) is 17.1. The van der Waals surface area contributed by atoms with Crippen LogP contribution < -0.4 is 0 Å². The van der Waals surface area contributed by atoms with Gasteiger partial charge in [-0.25, -0.2) is 9.13 Å². The van der Waals surface area contributed by atoms with Gasteiger partial charge in [0.15, 0.2) is 12.2 Å². The Hall–Kier alpha value is -1.94. The van der Waals surface area contributed by atoms with E-state index in [0.29, 0.717) is 31.6 Å². The lowest BCUT2D eigenvalue weighted by molar-refractivity contribution is -0.161. The van der Waals surface area contributed by atoms with Gasteiger partial charge >= 0.3 is 39.5 Å². The maximum Gasteiger partial charge on any atom is 0.472 e. The number of rotatable bonds is 72. The lowest BCUT2D eigenvalue weighted by Crippen LogP contribution is -2.30. The van der Waals surface area contributed by atoms with E-state index in [0.717, 1.165) is 108 Å². The van der Waals surface area contributed by atoms with Gasteiger partial charge in [-0.15, -0.1) is 0 Å². The standard InChI is InChI=1S/C74H144O17P2/c1-8-9-10-11-12-13-20-28-35-43-50-57-73(78)91-70(62-85-72(77)56-49-42-37-30-33-40-47-54-67(6)7)64-89-93(82,83)87-60-68(75)59-86-92(80,81)88-63-69(61-84-71(76)55-48-41-34-27-24-19-22-26-32-39-46-53-66(4)5)90-74(79)58-51-44-36-29-23-18-16-14-15-17-21-25-31-38-45-52-65(2)3/h65-70,75H,8-64H2,1-7H3,(H,80,81)(H,82,83)/t68-,69-,70-/m1/s1. The van der Waals surface area contributed by atoms with Crippen LogP contribution in [0.4, 0.5) is 0 Å². The Balaban J connectivity index is 5.23. The fourth-order valence-corrected chi connectivity index (χ4v) is 12.8. The predicted molar refractivity (Wildman–Crippen MR) is 377 cm³/mol. The second kappa shape index (κ2) is 64.7. The smallest absolute Gasteiger partial charge is 0.462 e. The molecule has 93 heavy (non-hydrogen) atoms. The molecule has 0 amide bonds. The molecule has 0 aromatic carbocycles. The third-order valence-corrected chi connectivity index (χ3v) is 19.0. The van der Waals surface area contributed by atoms with Crippen LogP contribution in [0.25, 0.3) is 0 Å². The predicted octanol–water partition coefficient (Wildman–Crippen LogP) is 21.4. The van der Waals surface area contributed by atoms with Crippen LogP contribution in [-0.4, -0.2) is 96.7 Å². The molecule has 0 saturated carbocycles. The minimum absolute atomic E-state index is 0.106. The zero-order chi connectivity index (χ0) is 68.7. The average Bonchev–Trinajstić information content (AvgIpc) is 2.43. The molecule has 0 rings (SSSR count). The van der Waals surface area contributed by atoms with E-state index < -0.39 is 97.5 Å². The summed E-state index contributed by atoms with van der Waals surface area (Å²) in [6, 6.07) is 0. The Bertz CT molecular complexity index is 1820. The molecule has 0 saturated heterocycles. The van der Waals surface area contributed by atoms with Gasteiger partial charge in [0.1, 0.15) is 19.3 Å². The van der Waals surface area contributed by atoms with Gasteiger partial charge in [0.25, 0.3) is 0 Å². The van der Waals surface area contributed by atoms with Crippen molar-refractivity contribution in [1.29, 1.82) is 0 Å². The van der Waals surface area contributed by atoms with Crippen LogP contribution in [0.15, 0.2) is 0 Å². The molecule has 0 aromatic rings. The third kappa shape index (κ3) is 68.4. The molecule has 0 heterocycles. The molecule has 0 aliphatic carbocycles. The molecule has 0 bridgehead atoms. The van der Waals surface area contributed by atoms with Gasteiger partial charge in [0.2, 0.25) is 0 Å². The topological polar surface area (TPSA) is 237 Å². The number of esters is 4. The number of hydrogen-bond donors (Lipinski definition) is 3. The lowest BCUT2D eigenvalue weighted by Gasteiger charge is -2.21. The minimum Gasteiger partial charge on any atom is -0.462 e. The van der Waals surface area contributed by atoms with Crippen LogP contribution in [-0.2, 0) is 65.4 Å². The summed E-state index contributed by atoms with van der Waals surface area (Å²) in [5.74, 6) is 0.158. The van der Waals surface area contributed by atoms with Crippen molar-refractivity contribution in [3.63, 3.8) is 0 Å². The Labute approximate surface area is 568 Å². The van der Waals surface area contributed by atoms with Gasteiger partial charge in [-0.1, -0.05) is 325 Å². The maximum absolute atomic E-state index is 13.1. The molecular weight excluding hydrogens is 1220 g/mol. The number of carbonyl (C=O) groups excluding carboxylic acids is 4. The number of aliphatic hydroxyl groups excluding tert-OH is 1. The highest BCUT2D eigenvalue weighted by atomic mass is 31.2. The number of aliphatic hydroxyl groups is 1. The largest absolute Gasteiger partial charge is 0.472 e. The normalized spacial score (nSPS) is 14.1. The summed E-state index contributed by atoms with van der Waals surface area (Å²) in [7, 11) is -9.91. The molecule has 0 spiro atoms. The summed E-state index contributed by atoms with van der Waals surface area (Å²) in [5, 5.41) is 10.6. The van der Waals surface area contributed by atoms with E-state index in [9.17, 15) is 43.2 Å². The zero-order valence-corrected chi connectivity index (χ0v) is 62.5. The van der Waals surface area contributed by atoms with Gasteiger partial charge in [0, 0.05) is 25.7 Å². The van der Waals surface area contributed by atoms with Gasteiger partial charge < -0.3 is 33.8 Å². The van der Waals surface area contributed by atoms with Crippen LogP contribution in [0.5, 0.6) is 0 Å². The number of carbonyl (C=O) groups is 4. The SMILES string of the molecule is CCCCCCCCCCCCCC(=O)O[C@H](COC(=O)CCCCCCCCCC(C)C)COP(=O)(O)OC[C@H](O)COP(=O)(O)OC[C@@H](COC(=O)CCCCCCCCCCCCCC(C)C)OC(=O)CCCCCCCCCCCCCCCCCC(C)C. The number of phosphoric acid groups is 2. The summed E-state index contributed by atoms with van der Waals surface area (Å²) in [6.45, 7) is 11.9. The van der Waals surface area contributed by atoms with E-state index in [1.165, 1.54) is 180 Å².